The van der Waals surface area contributed by atoms with Crippen molar-refractivity contribution < 1.29 is 4.79 Å². The molecule has 0 bridgehead atoms. The Hall–Kier alpha value is -0.870. The van der Waals surface area contributed by atoms with E-state index in [2.05, 4.69) is 0 Å². The van der Waals surface area contributed by atoms with Crippen LogP contribution in [-0.2, 0) is 0 Å². The van der Waals surface area contributed by atoms with Gasteiger partial charge in [0.1, 0.15) is 0 Å². The van der Waals surface area contributed by atoms with Gasteiger partial charge < -0.3 is 10.6 Å². The van der Waals surface area contributed by atoms with Crippen LogP contribution in [0.15, 0.2) is 16.8 Å². The first-order valence-corrected chi connectivity index (χ1v) is 6.27. The molecule has 82 valence electrons. The van der Waals surface area contributed by atoms with E-state index < -0.39 is 0 Å². The van der Waals surface area contributed by atoms with Gasteiger partial charge in [-0.2, -0.15) is 11.3 Å². The van der Waals surface area contributed by atoms with Gasteiger partial charge in [0.25, 0.3) is 5.91 Å². The Morgan fingerprint density at radius 2 is 2.53 bits per heavy atom. The van der Waals surface area contributed by atoms with Gasteiger partial charge in [0, 0.05) is 18.5 Å². The van der Waals surface area contributed by atoms with E-state index in [9.17, 15) is 4.79 Å². The van der Waals surface area contributed by atoms with Crippen LogP contribution in [0.25, 0.3) is 0 Å². The van der Waals surface area contributed by atoms with Crippen molar-refractivity contribution in [1.82, 2.24) is 4.90 Å². The topological polar surface area (TPSA) is 46.3 Å². The van der Waals surface area contributed by atoms with Crippen molar-refractivity contribution in [3.63, 3.8) is 0 Å². The summed E-state index contributed by atoms with van der Waals surface area (Å²) in [5.74, 6) is 0.649. The van der Waals surface area contributed by atoms with E-state index in [-0.39, 0.29) is 5.91 Å². The molecule has 15 heavy (non-hydrogen) atoms. The minimum absolute atomic E-state index is 0.161. The highest BCUT2D eigenvalue weighted by molar-refractivity contribution is 7.08. The summed E-state index contributed by atoms with van der Waals surface area (Å²) in [4.78, 5) is 13.9. The van der Waals surface area contributed by atoms with Crippen LogP contribution in [0, 0.1) is 5.92 Å². The molecule has 1 amide bonds. The van der Waals surface area contributed by atoms with Crippen molar-refractivity contribution in [2.24, 2.45) is 11.7 Å². The molecule has 2 N–H and O–H groups in total. The van der Waals surface area contributed by atoms with Gasteiger partial charge in [0.2, 0.25) is 0 Å². The minimum Gasteiger partial charge on any atom is -0.338 e. The molecule has 2 heterocycles. The number of hydrogen-bond acceptors (Lipinski definition) is 3. The molecule has 0 aliphatic carbocycles. The van der Waals surface area contributed by atoms with Crippen molar-refractivity contribution in [2.75, 3.05) is 19.6 Å². The van der Waals surface area contributed by atoms with E-state index in [0.29, 0.717) is 12.5 Å². The predicted molar refractivity (Wildman–Crippen MR) is 62.0 cm³/mol. The van der Waals surface area contributed by atoms with Crippen LogP contribution in [0.2, 0.25) is 0 Å². The van der Waals surface area contributed by atoms with Gasteiger partial charge in [-0.1, -0.05) is 0 Å². The van der Waals surface area contributed by atoms with E-state index in [4.69, 9.17) is 5.73 Å². The zero-order chi connectivity index (χ0) is 10.7. The third-order valence-corrected chi connectivity index (χ3v) is 3.59. The van der Waals surface area contributed by atoms with E-state index >= 15 is 0 Å². The van der Waals surface area contributed by atoms with Crippen molar-refractivity contribution in [2.45, 2.75) is 12.8 Å². The molecule has 0 aromatic carbocycles. The number of piperidine rings is 1. The SMILES string of the molecule is NC[C@@H]1CCCN(C(=O)c2ccsc2)C1. The highest BCUT2D eigenvalue weighted by Gasteiger charge is 2.23. The number of carbonyl (C=O) groups excluding carboxylic acids is 1. The number of likely N-dealkylation sites (tertiary alicyclic amines) is 1. The molecule has 1 atom stereocenters. The molecule has 0 saturated carbocycles. The van der Waals surface area contributed by atoms with Crippen molar-refractivity contribution in [3.8, 4) is 0 Å². The molecule has 1 aromatic heterocycles. The third kappa shape index (κ3) is 2.38. The molecule has 2 rings (SSSR count). The first-order valence-electron chi connectivity index (χ1n) is 5.33. The molecule has 0 spiro atoms. The number of hydrogen-bond donors (Lipinski definition) is 1. The van der Waals surface area contributed by atoms with Crippen LogP contribution in [0.5, 0.6) is 0 Å². The van der Waals surface area contributed by atoms with Crippen LogP contribution in [-0.4, -0.2) is 30.4 Å². The fourth-order valence-corrected chi connectivity index (χ4v) is 2.64. The summed E-state index contributed by atoms with van der Waals surface area (Å²) in [6.45, 7) is 2.39. The van der Waals surface area contributed by atoms with Gasteiger partial charge in [-0.3, -0.25) is 4.79 Å². The van der Waals surface area contributed by atoms with Gasteiger partial charge >= 0.3 is 0 Å². The number of nitrogens with zero attached hydrogens (tertiary/aromatic N) is 1. The van der Waals surface area contributed by atoms with Gasteiger partial charge in [-0.15, -0.1) is 0 Å². The Morgan fingerprint density at radius 1 is 1.67 bits per heavy atom. The maximum atomic E-state index is 12.0. The number of carbonyl (C=O) groups is 1. The van der Waals surface area contributed by atoms with Gasteiger partial charge in [-0.05, 0) is 36.8 Å². The highest BCUT2D eigenvalue weighted by atomic mass is 32.1. The molecule has 0 unspecified atom stereocenters. The predicted octanol–water partition coefficient (Wildman–Crippen LogP) is 1.56. The summed E-state index contributed by atoms with van der Waals surface area (Å²) < 4.78 is 0. The first-order chi connectivity index (χ1) is 7.31. The zero-order valence-electron chi connectivity index (χ0n) is 8.69. The lowest BCUT2D eigenvalue weighted by Crippen LogP contribution is -2.41. The normalized spacial score (nSPS) is 21.7. The second-order valence-corrected chi connectivity index (χ2v) is 4.79. The van der Waals surface area contributed by atoms with Crippen molar-refractivity contribution >= 4 is 17.2 Å². The number of rotatable bonds is 2. The molecular weight excluding hydrogens is 208 g/mol. The van der Waals surface area contributed by atoms with Crippen LogP contribution in [0.4, 0.5) is 0 Å². The molecule has 3 nitrogen and oxygen atoms in total. The summed E-state index contributed by atoms with van der Waals surface area (Å²) in [7, 11) is 0. The largest absolute Gasteiger partial charge is 0.338 e. The zero-order valence-corrected chi connectivity index (χ0v) is 9.50. The summed E-state index contributed by atoms with van der Waals surface area (Å²) in [6, 6.07) is 1.89. The second kappa shape index (κ2) is 4.77. The van der Waals surface area contributed by atoms with E-state index in [1.807, 2.05) is 21.7 Å². The maximum absolute atomic E-state index is 12.0. The number of thiophene rings is 1. The molecule has 1 fully saturated rings. The Kier molecular flexibility index (Phi) is 3.38. The van der Waals surface area contributed by atoms with E-state index in [1.54, 1.807) is 11.3 Å². The average Bonchev–Trinajstić information content (AvgIpc) is 2.81. The summed E-state index contributed by atoms with van der Waals surface area (Å²) in [5, 5.41) is 3.85. The summed E-state index contributed by atoms with van der Waals surface area (Å²) >= 11 is 1.57. The van der Waals surface area contributed by atoms with Crippen LogP contribution in [0.3, 0.4) is 0 Å². The number of amides is 1. The Morgan fingerprint density at radius 3 is 3.20 bits per heavy atom. The van der Waals surface area contributed by atoms with Gasteiger partial charge in [0.15, 0.2) is 0 Å². The van der Waals surface area contributed by atoms with Crippen molar-refractivity contribution in [3.05, 3.63) is 22.4 Å². The van der Waals surface area contributed by atoms with E-state index in [0.717, 1.165) is 31.5 Å². The molecular formula is C11H16N2OS. The lowest BCUT2D eigenvalue weighted by Gasteiger charge is -2.31. The van der Waals surface area contributed by atoms with Crippen LogP contribution in [0.1, 0.15) is 23.2 Å². The molecule has 1 aliphatic rings. The van der Waals surface area contributed by atoms with Gasteiger partial charge in [-0.25, -0.2) is 0 Å². The smallest absolute Gasteiger partial charge is 0.254 e. The standard InChI is InChI=1S/C11H16N2OS/c12-6-9-2-1-4-13(7-9)11(14)10-3-5-15-8-10/h3,5,8-9H,1-2,4,6-7,12H2/t9-/m0/s1. The molecule has 1 saturated heterocycles. The quantitative estimate of drug-likeness (QED) is 0.828. The monoisotopic (exact) mass is 224 g/mol. The third-order valence-electron chi connectivity index (χ3n) is 2.91. The van der Waals surface area contributed by atoms with Crippen LogP contribution >= 0.6 is 11.3 Å². The molecule has 4 heteroatoms. The average molecular weight is 224 g/mol. The fraction of sp³-hybridized carbons (Fsp3) is 0.545. The first kappa shape index (κ1) is 10.6. The number of nitrogens with two attached hydrogens (primary N) is 1. The summed E-state index contributed by atoms with van der Waals surface area (Å²) in [6.07, 6.45) is 2.24. The lowest BCUT2D eigenvalue weighted by atomic mass is 9.98. The Balaban J connectivity index is 2.01. The second-order valence-electron chi connectivity index (χ2n) is 4.01. The lowest BCUT2D eigenvalue weighted by molar-refractivity contribution is 0.0679. The van der Waals surface area contributed by atoms with Crippen LogP contribution < -0.4 is 5.73 Å². The van der Waals surface area contributed by atoms with Crippen molar-refractivity contribution in [1.29, 1.82) is 0 Å². The maximum Gasteiger partial charge on any atom is 0.254 e. The van der Waals surface area contributed by atoms with E-state index in [1.165, 1.54) is 0 Å². The Labute approximate surface area is 93.9 Å². The summed E-state index contributed by atoms with van der Waals surface area (Å²) in [5.41, 5.74) is 6.47. The highest BCUT2D eigenvalue weighted by Crippen LogP contribution is 2.18. The molecule has 0 radical (unpaired) electrons. The minimum atomic E-state index is 0.161. The van der Waals surface area contributed by atoms with Gasteiger partial charge in [0.05, 0.1) is 5.56 Å². The molecule has 1 aromatic rings. The Bertz CT molecular complexity index is 323. The fourth-order valence-electron chi connectivity index (χ4n) is 2.01. The molecule has 1 aliphatic heterocycles.